The van der Waals surface area contributed by atoms with E-state index in [0.717, 1.165) is 31.7 Å². The molecule has 0 aliphatic heterocycles. The second-order valence-electron chi connectivity index (χ2n) is 5.21. The molecule has 0 aliphatic carbocycles. The van der Waals surface area contributed by atoms with E-state index in [2.05, 4.69) is 47.7 Å². The van der Waals surface area contributed by atoms with Gasteiger partial charge in [0.05, 0.1) is 11.4 Å². The van der Waals surface area contributed by atoms with Crippen molar-refractivity contribution >= 4 is 5.69 Å². The van der Waals surface area contributed by atoms with Crippen LogP contribution in [0.5, 0.6) is 0 Å². The Morgan fingerprint density at radius 1 is 1.20 bits per heavy atom. The lowest BCUT2D eigenvalue weighted by Crippen LogP contribution is -2.19. The second-order valence-corrected chi connectivity index (χ2v) is 5.21. The fraction of sp³-hybridized carbons (Fsp3) is 0.438. The summed E-state index contributed by atoms with van der Waals surface area (Å²) in [5, 5.41) is 4.59. The third-order valence-corrected chi connectivity index (χ3v) is 3.41. The number of benzene rings is 1. The Hall–Kier alpha value is -1.81. The zero-order valence-corrected chi connectivity index (χ0v) is 12.6. The van der Waals surface area contributed by atoms with Gasteiger partial charge in [-0.3, -0.25) is 9.58 Å². The molecule has 0 saturated heterocycles. The average Bonchev–Trinajstić information content (AvgIpc) is 2.80. The van der Waals surface area contributed by atoms with Gasteiger partial charge in [-0.2, -0.15) is 5.10 Å². The van der Waals surface area contributed by atoms with Gasteiger partial charge < -0.3 is 5.73 Å². The fourth-order valence-corrected chi connectivity index (χ4v) is 2.42. The Labute approximate surface area is 121 Å². The predicted molar refractivity (Wildman–Crippen MR) is 83.3 cm³/mol. The number of anilines is 1. The van der Waals surface area contributed by atoms with E-state index in [1.807, 2.05) is 18.2 Å². The standard InChI is InChI=1S/C16H24N4/c1-4-15-10-16(20(5-2)18-15)12-19(3)11-13-7-6-8-14(17)9-13/h6-10H,4-5,11-12,17H2,1-3H3. The molecular weight excluding hydrogens is 248 g/mol. The molecule has 0 amide bonds. The van der Waals surface area contributed by atoms with Gasteiger partial charge in [0.25, 0.3) is 0 Å². The van der Waals surface area contributed by atoms with E-state index in [0.29, 0.717) is 0 Å². The van der Waals surface area contributed by atoms with Crippen molar-refractivity contribution in [2.45, 2.75) is 39.9 Å². The van der Waals surface area contributed by atoms with Gasteiger partial charge in [0, 0.05) is 25.3 Å². The van der Waals surface area contributed by atoms with Crippen molar-refractivity contribution in [1.82, 2.24) is 14.7 Å². The molecule has 4 heteroatoms. The highest BCUT2D eigenvalue weighted by atomic mass is 15.3. The van der Waals surface area contributed by atoms with Crippen LogP contribution in [0.3, 0.4) is 0 Å². The molecule has 0 spiro atoms. The molecule has 2 rings (SSSR count). The largest absolute Gasteiger partial charge is 0.399 e. The van der Waals surface area contributed by atoms with E-state index in [4.69, 9.17) is 5.73 Å². The molecule has 2 N–H and O–H groups in total. The van der Waals surface area contributed by atoms with Crippen LogP contribution in [0.15, 0.2) is 30.3 Å². The first-order valence-electron chi connectivity index (χ1n) is 7.21. The summed E-state index contributed by atoms with van der Waals surface area (Å²) in [6.07, 6.45) is 0.985. The predicted octanol–water partition coefficient (Wildman–Crippen LogP) is 2.68. The first-order chi connectivity index (χ1) is 9.62. The maximum absolute atomic E-state index is 5.82. The molecule has 1 heterocycles. The molecule has 2 aromatic rings. The molecule has 108 valence electrons. The van der Waals surface area contributed by atoms with Crippen LogP contribution >= 0.6 is 0 Å². The number of hydrogen-bond donors (Lipinski definition) is 1. The smallest absolute Gasteiger partial charge is 0.0625 e. The maximum atomic E-state index is 5.82. The molecule has 0 fully saturated rings. The zero-order valence-electron chi connectivity index (χ0n) is 12.6. The summed E-state index contributed by atoms with van der Waals surface area (Å²) in [5.74, 6) is 0. The van der Waals surface area contributed by atoms with Crippen LogP contribution in [0.4, 0.5) is 5.69 Å². The topological polar surface area (TPSA) is 47.1 Å². The van der Waals surface area contributed by atoms with Crippen molar-refractivity contribution in [3.63, 3.8) is 0 Å². The van der Waals surface area contributed by atoms with Crippen LogP contribution in [0, 0.1) is 0 Å². The number of nitrogens with two attached hydrogens (primary N) is 1. The van der Waals surface area contributed by atoms with Gasteiger partial charge in [-0.25, -0.2) is 0 Å². The number of aromatic nitrogens is 2. The van der Waals surface area contributed by atoms with E-state index in [1.165, 1.54) is 17.0 Å². The van der Waals surface area contributed by atoms with Crippen LogP contribution < -0.4 is 5.73 Å². The minimum atomic E-state index is 0.822. The molecule has 0 atom stereocenters. The summed E-state index contributed by atoms with van der Waals surface area (Å²) < 4.78 is 2.09. The van der Waals surface area contributed by atoms with Crippen LogP contribution in [-0.2, 0) is 26.1 Å². The van der Waals surface area contributed by atoms with Gasteiger partial charge in [0.15, 0.2) is 0 Å². The molecule has 20 heavy (non-hydrogen) atoms. The second kappa shape index (κ2) is 6.57. The van der Waals surface area contributed by atoms with Crippen molar-refractivity contribution < 1.29 is 0 Å². The van der Waals surface area contributed by atoms with Crippen molar-refractivity contribution in [3.8, 4) is 0 Å². The highest BCUT2D eigenvalue weighted by Crippen LogP contribution is 2.12. The Morgan fingerprint density at radius 2 is 2.00 bits per heavy atom. The molecule has 0 aliphatic rings. The number of nitrogen functional groups attached to an aromatic ring is 1. The van der Waals surface area contributed by atoms with Gasteiger partial charge in [0.2, 0.25) is 0 Å². The molecule has 4 nitrogen and oxygen atoms in total. The maximum Gasteiger partial charge on any atom is 0.0625 e. The lowest BCUT2D eigenvalue weighted by atomic mass is 10.2. The minimum absolute atomic E-state index is 0.822. The van der Waals surface area contributed by atoms with Crippen molar-refractivity contribution in [1.29, 1.82) is 0 Å². The van der Waals surface area contributed by atoms with Crippen LogP contribution in [0.2, 0.25) is 0 Å². The van der Waals surface area contributed by atoms with E-state index < -0.39 is 0 Å². The first kappa shape index (κ1) is 14.6. The van der Waals surface area contributed by atoms with Crippen LogP contribution in [-0.4, -0.2) is 21.7 Å². The zero-order chi connectivity index (χ0) is 14.5. The van der Waals surface area contributed by atoms with E-state index in [-0.39, 0.29) is 0 Å². The summed E-state index contributed by atoms with van der Waals surface area (Å²) in [6.45, 7) is 6.98. The van der Waals surface area contributed by atoms with Gasteiger partial charge in [0.1, 0.15) is 0 Å². The third kappa shape index (κ3) is 3.61. The number of nitrogens with zero attached hydrogens (tertiary/aromatic N) is 3. The highest BCUT2D eigenvalue weighted by Gasteiger charge is 2.09. The van der Waals surface area contributed by atoms with Gasteiger partial charge in [-0.15, -0.1) is 0 Å². The Kier molecular flexibility index (Phi) is 4.79. The van der Waals surface area contributed by atoms with Crippen LogP contribution in [0.25, 0.3) is 0 Å². The summed E-state index contributed by atoms with van der Waals surface area (Å²) >= 11 is 0. The molecular formula is C16H24N4. The number of rotatable bonds is 6. The van der Waals surface area contributed by atoms with Gasteiger partial charge >= 0.3 is 0 Å². The summed E-state index contributed by atoms with van der Waals surface area (Å²) in [7, 11) is 2.13. The summed E-state index contributed by atoms with van der Waals surface area (Å²) in [6, 6.07) is 10.3. The Bertz CT molecular complexity index is 559. The lowest BCUT2D eigenvalue weighted by molar-refractivity contribution is 0.307. The van der Waals surface area contributed by atoms with Gasteiger partial charge in [-0.1, -0.05) is 19.1 Å². The van der Waals surface area contributed by atoms with Crippen molar-refractivity contribution in [3.05, 3.63) is 47.3 Å². The summed E-state index contributed by atoms with van der Waals surface area (Å²) in [4.78, 5) is 2.29. The number of aryl methyl sites for hydroxylation is 2. The molecule has 0 bridgehead atoms. The van der Waals surface area contributed by atoms with E-state index in [9.17, 15) is 0 Å². The third-order valence-electron chi connectivity index (χ3n) is 3.41. The fourth-order valence-electron chi connectivity index (χ4n) is 2.42. The molecule has 1 aromatic carbocycles. The SMILES string of the molecule is CCc1cc(CN(C)Cc2cccc(N)c2)n(CC)n1. The molecule has 1 aromatic heterocycles. The quantitative estimate of drug-likeness (QED) is 0.822. The molecule has 0 saturated carbocycles. The first-order valence-corrected chi connectivity index (χ1v) is 7.21. The average molecular weight is 272 g/mol. The Balaban J connectivity index is 2.04. The highest BCUT2D eigenvalue weighted by molar-refractivity contribution is 5.40. The van der Waals surface area contributed by atoms with E-state index in [1.54, 1.807) is 0 Å². The van der Waals surface area contributed by atoms with Crippen molar-refractivity contribution in [2.75, 3.05) is 12.8 Å². The van der Waals surface area contributed by atoms with Gasteiger partial charge in [-0.05, 0) is 44.2 Å². The van der Waals surface area contributed by atoms with E-state index >= 15 is 0 Å². The lowest BCUT2D eigenvalue weighted by Gasteiger charge is -2.17. The monoisotopic (exact) mass is 272 g/mol. The molecule has 0 unspecified atom stereocenters. The Morgan fingerprint density at radius 3 is 2.65 bits per heavy atom. The normalized spacial score (nSPS) is 11.2. The molecule has 0 radical (unpaired) electrons. The number of hydrogen-bond acceptors (Lipinski definition) is 3. The minimum Gasteiger partial charge on any atom is -0.399 e. The van der Waals surface area contributed by atoms with Crippen LogP contribution in [0.1, 0.15) is 30.8 Å². The van der Waals surface area contributed by atoms with Crippen molar-refractivity contribution in [2.24, 2.45) is 0 Å². The summed E-state index contributed by atoms with van der Waals surface area (Å²) in [5.41, 5.74) is 10.3.